The summed E-state index contributed by atoms with van der Waals surface area (Å²) in [5, 5.41) is 15.0. The topological polar surface area (TPSA) is 105 Å². The minimum absolute atomic E-state index is 0.0265. The molecule has 4 rings (SSSR count). The Labute approximate surface area is 199 Å². The lowest BCUT2D eigenvalue weighted by Crippen LogP contribution is -2.44. The van der Waals surface area contributed by atoms with Crippen molar-refractivity contribution in [2.45, 2.75) is 63.5 Å². The summed E-state index contributed by atoms with van der Waals surface area (Å²) >= 11 is 0. The molecule has 2 aliphatic carbocycles. The first-order valence-corrected chi connectivity index (χ1v) is 12.1. The molecule has 0 saturated heterocycles. The van der Waals surface area contributed by atoms with Crippen LogP contribution in [0.25, 0.3) is 11.1 Å². The molecule has 0 spiro atoms. The van der Waals surface area contributed by atoms with Gasteiger partial charge in [0.2, 0.25) is 5.91 Å². The Morgan fingerprint density at radius 3 is 2.29 bits per heavy atom. The molecule has 1 saturated carbocycles. The number of hydrogen-bond donors (Lipinski definition) is 3. The molecule has 1 fully saturated rings. The van der Waals surface area contributed by atoms with E-state index in [9.17, 15) is 19.5 Å². The molecular weight excluding hydrogens is 432 g/mol. The van der Waals surface area contributed by atoms with Crippen LogP contribution in [0.4, 0.5) is 4.79 Å². The number of carboxylic acids is 1. The van der Waals surface area contributed by atoms with E-state index in [1.807, 2.05) is 31.2 Å². The fraction of sp³-hybridized carbons (Fsp3) is 0.444. The molecule has 7 heteroatoms. The van der Waals surface area contributed by atoms with Crippen molar-refractivity contribution >= 4 is 18.0 Å². The van der Waals surface area contributed by atoms with Gasteiger partial charge in [-0.05, 0) is 41.5 Å². The molecule has 0 aliphatic heterocycles. The molecule has 7 nitrogen and oxygen atoms in total. The minimum Gasteiger partial charge on any atom is -0.481 e. The van der Waals surface area contributed by atoms with Gasteiger partial charge in [-0.2, -0.15) is 0 Å². The molecule has 2 aromatic carbocycles. The number of carboxylic acid groups (broad SMARTS) is 1. The number of carbonyl (C=O) groups excluding carboxylic acids is 2. The minimum atomic E-state index is -0.871. The summed E-state index contributed by atoms with van der Waals surface area (Å²) in [5.74, 6) is -1.68. The molecule has 2 aliphatic rings. The van der Waals surface area contributed by atoms with Gasteiger partial charge in [-0.25, -0.2) is 4.79 Å². The van der Waals surface area contributed by atoms with Gasteiger partial charge in [0.05, 0.1) is 5.92 Å². The van der Waals surface area contributed by atoms with Crippen molar-refractivity contribution in [1.29, 1.82) is 0 Å². The fourth-order valence-corrected chi connectivity index (χ4v) is 5.30. The highest BCUT2D eigenvalue weighted by Crippen LogP contribution is 2.44. The van der Waals surface area contributed by atoms with Crippen LogP contribution < -0.4 is 10.6 Å². The van der Waals surface area contributed by atoms with Crippen LogP contribution in [0.5, 0.6) is 0 Å². The third kappa shape index (κ3) is 5.24. The van der Waals surface area contributed by atoms with Crippen molar-refractivity contribution < 1.29 is 24.2 Å². The number of alkyl carbamates (subject to hydrolysis) is 1. The van der Waals surface area contributed by atoms with Crippen molar-refractivity contribution in [3.63, 3.8) is 0 Å². The van der Waals surface area contributed by atoms with Gasteiger partial charge in [-0.1, -0.05) is 68.3 Å². The molecule has 2 unspecified atom stereocenters. The molecule has 3 N–H and O–H groups in total. The van der Waals surface area contributed by atoms with Crippen LogP contribution in [0.3, 0.4) is 0 Å². The first-order chi connectivity index (χ1) is 16.5. The highest BCUT2D eigenvalue weighted by Gasteiger charge is 2.34. The third-order valence-electron chi connectivity index (χ3n) is 6.91. The average Bonchev–Trinajstić information content (AvgIpc) is 3.40. The molecule has 2 amide bonds. The Bertz CT molecular complexity index is 1010. The third-order valence-corrected chi connectivity index (χ3v) is 6.91. The Hall–Kier alpha value is -3.35. The standard InChI is InChI=1S/C27H32N2O5/c1-2-8-17(15-25(30)29-24-14-7-13-22(24)26(31)32)28-27(33)34-16-23-20-11-5-3-9-18(20)19-10-4-6-12-21(19)23/h3-6,9-12,17,22-24H,2,7-8,13-16H2,1H3,(H,28,33)(H,29,30)(H,31,32)/t17-,22?,24?/m0/s1. The second-order valence-corrected chi connectivity index (χ2v) is 9.21. The number of amides is 2. The van der Waals surface area contributed by atoms with Gasteiger partial charge < -0.3 is 20.5 Å². The predicted molar refractivity (Wildman–Crippen MR) is 128 cm³/mol. The van der Waals surface area contributed by atoms with Crippen LogP contribution in [0, 0.1) is 5.92 Å². The Morgan fingerprint density at radius 2 is 1.68 bits per heavy atom. The van der Waals surface area contributed by atoms with E-state index in [1.165, 1.54) is 11.1 Å². The number of benzene rings is 2. The van der Waals surface area contributed by atoms with Crippen molar-refractivity contribution in [2.75, 3.05) is 6.61 Å². The van der Waals surface area contributed by atoms with Crippen molar-refractivity contribution in [1.82, 2.24) is 10.6 Å². The number of aliphatic carboxylic acids is 1. The van der Waals surface area contributed by atoms with E-state index in [1.54, 1.807) is 0 Å². The van der Waals surface area contributed by atoms with E-state index in [4.69, 9.17) is 4.74 Å². The molecule has 0 bridgehead atoms. The van der Waals surface area contributed by atoms with Gasteiger partial charge >= 0.3 is 12.1 Å². The molecule has 3 atom stereocenters. The summed E-state index contributed by atoms with van der Waals surface area (Å²) in [4.78, 5) is 36.6. The number of fused-ring (bicyclic) bond motifs is 3. The van der Waals surface area contributed by atoms with E-state index >= 15 is 0 Å². The Balaban J connectivity index is 1.33. The summed E-state index contributed by atoms with van der Waals surface area (Å²) in [5.41, 5.74) is 4.62. The average molecular weight is 465 g/mol. The lowest BCUT2D eigenvalue weighted by atomic mass is 9.98. The first kappa shape index (κ1) is 23.8. The number of ether oxygens (including phenoxy) is 1. The monoisotopic (exact) mass is 464 g/mol. The summed E-state index contributed by atoms with van der Waals surface area (Å²) in [6.45, 7) is 2.20. The van der Waals surface area contributed by atoms with Gasteiger partial charge in [-0.3, -0.25) is 9.59 Å². The molecule has 34 heavy (non-hydrogen) atoms. The quantitative estimate of drug-likeness (QED) is 0.508. The van der Waals surface area contributed by atoms with Crippen LogP contribution in [-0.2, 0) is 14.3 Å². The summed E-state index contributed by atoms with van der Waals surface area (Å²) < 4.78 is 5.62. The number of nitrogens with one attached hydrogen (secondary N) is 2. The zero-order chi connectivity index (χ0) is 24.1. The van der Waals surface area contributed by atoms with E-state index < -0.39 is 18.0 Å². The van der Waals surface area contributed by atoms with Crippen LogP contribution >= 0.6 is 0 Å². The van der Waals surface area contributed by atoms with Crippen LogP contribution in [0.1, 0.15) is 62.5 Å². The number of carbonyl (C=O) groups is 3. The van der Waals surface area contributed by atoms with Gasteiger partial charge in [0.25, 0.3) is 0 Å². The highest BCUT2D eigenvalue weighted by atomic mass is 16.5. The van der Waals surface area contributed by atoms with Crippen LogP contribution in [-0.4, -0.2) is 41.8 Å². The zero-order valence-electron chi connectivity index (χ0n) is 19.5. The van der Waals surface area contributed by atoms with E-state index in [0.717, 1.165) is 24.0 Å². The maximum atomic E-state index is 12.6. The normalized spacial score (nSPS) is 19.7. The molecule has 0 heterocycles. The number of rotatable bonds is 9. The largest absolute Gasteiger partial charge is 0.481 e. The maximum absolute atomic E-state index is 12.6. The first-order valence-electron chi connectivity index (χ1n) is 12.1. The van der Waals surface area contributed by atoms with Gasteiger partial charge in [0.15, 0.2) is 0 Å². The Morgan fingerprint density at radius 1 is 1.03 bits per heavy atom. The van der Waals surface area contributed by atoms with Crippen molar-refractivity contribution in [3.8, 4) is 11.1 Å². The summed E-state index contributed by atoms with van der Waals surface area (Å²) in [7, 11) is 0. The van der Waals surface area contributed by atoms with E-state index in [-0.39, 0.29) is 36.9 Å². The van der Waals surface area contributed by atoms with Crippen molar-refractivity contribution in [3.05, 3.63) is 59.7 Å². The molecular formula is C27H32N2O5. The van der Waals surface area contributed by atoms with Crippen LogP contribution in [0.2, 0.25) is 0 Å². The highest BCUT2D eigenvalue weighted by molar-refractivity contribution is 5.80. The van der Waals surface area contributed by atoms with Gasteiger partial charge in [-0.15, -0.1) is 0 Å². The SMILES string of the molecule is CCC[C@@H](CC(=O)NC1CCCC1C(=O)O)NC(=O)OCC1c2ccccc2-c2ccccc21. The zero-order valence-corrected chi connectivity index (χ0v) is 19.5. The lowest BCUT2D eigenvalue weighted by molar-refractivity contribution is -0.142. The van der Waals surface area contributed by atoms with Gasteiger partial charge in [0.1, 0.15) is 6.61 Å². The fourth-order valence-electron chi connectivity index (χ4n) is 5.30. The predicted octanol–water partition coefficient (Wildman–Crippen LogP) is 4.45. The summed E-state index contributed by atoms with van der Waals surface area (Å²) in [6, 6.07) is 15.6. The van der Waals surface area contributed by atoms with E-state index in [2.05, 4.69) is 34.9 Å². The molecule has 0 radical (unpaired) electrons. The van der Waals surface area contributed by atoms with Crippen molar-refractivity contribution in [2.24, 2.45) is 5.92 Å². The van der Waals surface area contributed by atoms with Gasteiger partial charge in [0, 0.05) is 24.4 Å². The lowest BCUT2D eigenvalue weighted by Gasteiger charge is -2.22. The molecule has 2 aromatic rings. The second-order valence-electron chi connectivity index (χ2n) is 9.21. The Kier molecular flexibility index (Phi) is 7.50. The maximum Gasteiger partial charge on any atom is 0.407 e. The van der Waals surface area contributed by atoms with E-state index in [0.29, 0.717) is 19.3 Å². The second kappa shape index (κ2) is 10.7. The molecule has 180 valence electrons. The van der Waals surface area contributed by atoms with Crippen LogP contribution in [0.15, 0.2) is 48.5 Å². The smallest absolute Gasteiger partial charge is 0.407 e. The molecule has 0 aromatic heterocycles. The summed E-state index contributed by atoms with van der Waals surface area (Å²) in [6.07, 6.45) is 3.02. The number of hydrogen-bond acceptors (Lipinski definition) is 4.